The van der Waals surface area contributed by atoms with Crippen LogP contribution in [0.1, 0.15) is 0 Å². The molecule has 20 heavy (non-hydrogen) atoms. The maximum Gasteiger partial charge on any atom is 0.229 e. The Morgan fingerprint density at radius 3 is 2.15 bits per heavy atom. The van der Waals surface area contributed by atoms with Crippen LogP contribution in [-0.4, -0.2) is 64.8 Å². The monoisotopic (exact) mass is 286 g/mol. The second kappa shape index (κ2) is 6.38. The topological polar surface area (TPSA) is 109 Å². The van der Waals surface area contributed by atoms with Crippen LogP contribution in [0.3, 0.4) is 0 Å². The fourth-order valence-corrected chi connectivity index (χ4v) is 1.95. The molecule has 4 N–H and O–H groups in total. The SMILES string of the molecule is COc1ccc(O[C@@H]2O[C@H](CO)[C@@H](O)[C@@H](O)[C@@H]2O)cc1. The van der Waals surface area contributed by atoms with Gasteiger partial charge in [-0.1, -0.05) is 0 Å². The number of hydrogen-bond donors (Lipinski definition) is 4. The van der Waals surface area contributed by atoms with Gasteiger partial charge in [0, 0.05) is 0 Å². The molecule has 1 heterocycles. The summed E-state index contributed by atoms with van der Waals surface area (Å²) in [5, 5.41) is 38.2. The third-order valence-electron chi connectivity index (χ3n) is 3.16. The second-order valence-electron chi connectivity index (χ2n) is 4.49. The van der Waals surface area contributed by atoms with Gasteiger partial charge in [0.1, 0.15) is 35.9 Å². The highest BCUT2D eigenvalue weighted by molar-refractivity contribution is 5.31. The van der Waals surface area contributed by atoms with Gasteiger partial charge in [-0.05, 0) is 24.3 Å². The Hall–Kier alpha value is -1.38. The first-order valence-corrected chi connectivity index (χ1v) is 6.18. The van der Waals surface area contributed by atoms with E-state index >= 15 is 0 Å². The zero-order valence-corrected chi connectivity index (χ0v) is 10.9. The van der Waals surface area contributed by atoms with Crippen molar-refractivity contribution in [2.45, 2.75) is 30.7 Å². The number of hydrogen-bond acceptors (Lipinski definition) is 7. The number of aliphatic hydroxyl groups is 4. The molecule has 1 aliphatic rings. The van der Waals surface area contributed by atoms with Crippen LogP contribution in [0.4, 0.5) is 0 Å². The summed E-state index contributed by atoms with van der Waals surface area (Å²) in [4.78, 5) is 0. The molecule has 5 atom stereocenters. The van der Waals surface area contributed by atoms with Crippen molar-refractivity contribution in [2.24, 2.45) is 0 Å². The van der Waals surface area contributed by atoms with Crippen LogP contribution in [0, 0.1) is 0 Å². The average molecular weight is 286 g/mol. The van der Waals surface area contributed by atoms with Crippen LogP contribution in [0.2, 0.25) is 0 Å². The highest BCUT2D eigenvalue weighted by Gasteiger charge is 2.44. The predicted octanol–water partition coefficient (Wildman–Crippen LogP) is -1.13. The quantitative estimate of drug-likeness (QED) is 0.555. The minimum atomic E-state index is -1.45. The van der Waals surface area contributed by atoms with Crippen LogP contribution in [-0.2, 0) is 4.74 Å². The summed E-state index contributed by atoms with van der Waals surface area (Å²) in [5.74, 6) is 1.04. The summed E-state index contributed by atoms with van der Waals surface area (Å²) in [6.07, 6.45) is -6.44. The number of aliphatic hydroxyl groups excluding tert-OH is 4. The van der Waals surface area contributed by atoms with Gasteiger partial charge in [0.2, 0.25) is 6.29 Å². The standard InChI is InChI=1S/C13H18O7/c1-18-7-2-4-8(5-3-7)19-13-12(17)11(16)10(15)9(6-14)20-13/h2-5,9-17H,6H2,1H3/t9-,10-,11-,12+,13-/m1/s1. The summed E-state index contributed by atoms with van der Waals surface area (Å²) in [6.45, 7) is -0.493. The van der Waals surface area contributed by atoms with Crippen molar-refractivity contribution < 1.29 is 34.6 Å². The third kappa shape index (κ3) is 3.02. The molecule has 7 nitrogen and oxygen atoms in total. The summed E-state index contributed by atoms with van der Waals surface area (Å²) < 4.78 is 15.6. The zero-order chi connectivity index (χ0) is 14.7. The largest absolute Gasteiger partial charge is 0.497 e. The molecular weight excluding hydrogens is 268 g/mol. The van der Waals surface area contributed by atoms with Crippen LogP contribution in [0.25, 0.3) is 0 Å². The van der Waals surface area contributed by atoms with Crippen LogP contribution in [0.5, 0.6) is 11.5 Å². The zero-order valence-electron chi connectivity index (χ0n) is 10.9. The minimum absolute atomic E-state index is 0.398. The highest BCUT2D eigenvalue weighted by atomic mass is 16.7. The van der Waals surface area contributed by atoms with E-state index in [1.165, 1.54) is 7.11 Å². The fourth-order valence-electron chi connectivity index (χ4n) is 1.95. The summed E-state index contributed by atoms with van der Waals surface area (Å²) in [6, 6.07) is 6.55. The van der Waals surface area contributed by atoms with E-state index < -0.39 is 37.3 Å². The smallest absolute Gasteiger partial charge is 0.229 e. The highest BCUT2D eigenvalue weighted by Crippen LogP contribution is 2.25. The molecule has 1 aromatic rings. The Labute approximate surface area is 115 Å². The lowest BCUT2D eigenvalue weighted by atomic mass is 9.99. The normalized spacial score (nSPS) is 33.8. The maximum atomic E-state index is 9.82. The summed E-state index contributed by atoms with van der Waals surface area (Å²) >= 11 is 0. The number of benzene rings is 1. The Balaban J connectivity index is 2.06. The average Bonchev–Trinajstić information content (AvgIpc) is 2.48. The van der Waals surface area contributed by atoms with E-state index in [2.05, 4.69) is 0 Å². The van der Waals surface area contributed by atoms with E-state index in [4.69, 9.17) is 19.3 Å². The van der Waals surface area contributed by atoms with Crippen LogP contribution >= 0.6 is 0 Å². The van der Waals surface area contributed by atoms with Gasteiger partial charge >= 0.3 is 0 Å². The molecule has 0 amide bonds. The number of rotatable bonds is 4. The molecule has 0 aromatic heterocycles. The maximum absolute atomic E-state index is 9.82. The van der Waals surface area contributed by atoms with E-state index in [-0.39, 0.29) is 0 Å². The minimum Gasteiger partial charge on any atom is -0.497 e. The Morgan fingerprint density at radius 1 is 1.00 bits per heavy atom. The van der Waals surface area contributed by atoms with E-state index in [1.807, 2.05) is 0 Å². The summed E-state index contributed by atoms with van der Waals surface area (Å²) in [7, 11) is 1.54. The Morgan fingerprint density at radius 2 is 1.60 bits per heavy atom. The molecule has 1 aliphatic heterocycles. The molecule has 0 unspecified atom stereocenters. The second-order valence-corrected chi connectivity index (χ2v) is 4.49. The van der Waals surface area contributed by atoms with Gasteiger partial charge in [0.05, 0.1) is 13.7 Å². The molecule has 1 aromatic carbocycles. The lowest BCUT2D eigenvalue weighted by Crippen LogP contribution is -2.60. The first-order chi connectivity index (χ1) is 9.56. The first kappa shape index (κ1) is 15.0. The van der Waals surface area contributed by atoms with Crippen LogP contribution < -0.4 is 9.47 Å². The first-order valence-electron chi connectivity index (χ1n) is 6.18. The summed E-state index contributed by atoms with van der Waals surface area (Å²) in [5.41, 5.74) is 0. The van der Waals surface area contributed by atoms with Crippen LogP contribution in [0.15, 0.2) is 24.3 Å². The molecule has 1 fully saturated rings. The third-order valence-corrected chi connectivity index (χ3v) is 3.16. The molecule has 0 saturated carbocycles. The predicted molar refractivity (Wildman–Crippen MR) is 67.4 cm³/mol. The van der Waals surface area contributed by atoms with Gasteiger partial charge < -0.3 is 34.6 Å². The molecule has 7 heteroatoms. The fraction of sp³-hybridized carbons (Fsp3) is 0.538. The molecule has 1 saturated heterocycles. The lowest BCUT2D eigenvalue weighted by molar-refractivity contribution is -0.277. The van der Waals surface area contributed by atoms with Crippen molar-refractivity contribution in [1.82, 2.24) is 0 Å². The van der Waals surface area contributed by atoms with Gasteiger partial charge in [-0.3, -0.25) is 0 Å². The van der Waals surface area contributed by atoms with Crippen molar-refractivity contribution in [1.29, 1.82) is 0 Å². The molecule has 2 rings (SSSR count). The number of ether oxygens (including phenoxy) is 3. The molecule has 0 bridgehead atoms. The van der Waals surface area contributed by atoms with E-state index in [1.54, 1.807) is 24.3 Å². The Bertz CT molecular complexity index is 419. The van der Waals surface area contributed by atoms with Gasteiger partial charge in [-0.25, -0.2) is 0 Å². The molecule has 0 aliphatic carbocycles. The molecule has 112 valence electrons. The molecular formula is C13H18O7. The molecule has 0 spiro atoms. The van der Waals surface area contributed by atoms with Gasteiger partial charge in [0.25, 0.3) is 0 Å². The van der Waals surface area contributed by atoms with E-state index in [0.717, 1.165) is 0 Å². The Kier molecular flexibility index (Phi) is 4.79. The van der Waals surface area contributed by atoms with Crippen molar-refractivity contribution in [3.05, 3.63) is 24.3 Å². The van der Waals surface area contributed by atoms with Crippen molar-refractivity contribution in [3.63, 3.8) is 0 Å². The lowest BCUT2D eigenvalue weighted by Gasteiger charge is -2.39. The number of methoxy groups -OCH3 is 1. The van der Waals surface area contributed by atoms with Gasteiger partial charge in [-0.15, -0.1) is 0 Å². The van der Waals surface area contributed by atoms with Gasteiger partial charge in [-0.2, -0.15) is 0 Å². The van der Waals surface area contributed by atoms with E-state index in [0.29, 0.717) is 11.5 Å². The van der Waals surface area contributed by atoms with E-state index in [9.17, 15) is 15.3 Å². The van der Waals surface area contributed by atoms with Crippen molar-refractivity contribution in [2.75, 3.05) is 13.7 Å². The van der Waals surface area contributed by atoms with Crippen molar-refractivity contribution in [3.8, 4) is 11.5 Å². The van der Waals surface area contributed by atoms with Crippen molar-refractivity contribution >= 4 is 0 Å². The molecule has 0 radical (unpaired) electrons. The van der Waals surface area contributed by atoms with Gasteiger partial charge in [0.15, 0.2) is 0 Å².